The number of H-pyrrole nitrogens is 1. The lowest BCUT2D eigenvalue weighted by Crippen LogP contribution is -2.29. The van der Waals surface area contributed by atoms with Crippen molar-refractivity contribution in [3.8, 4) is 11.3 Å². The predicted octanol–water partition coefficient (Wildman–Crippen LogP) is 3.50. The third kappa shape index (κ3) is 2.41. The smallest absolute Gasteiger partial charge is 0.317 e. The van der Waals surface area contributed by atoms with Crippen molar-refractivity contribution in [3.05, 3.63) is 59.7 Å². The fraction of sp³-hybridized carbons (Fsp3) is 0.211. The third-order valence-corrected chi connectivity index (χ3v) is 4.58. The first kappa shape index (κ1) is 14.0. The Hall–Kier alpha value is -2.59. The molecule has 23 heavy (non-hydrogen) atoms. The second-order valence-corrected chi connectivity index (χ2v) is 5.98. The molecule has 1 heterocycles. The zero-order valence-corrected chi connectivity index (χ0v) is 12.7. The first-order valence-electron chi connectivity index (χ1n) is 7.88. The van der Waals surface area contributed by atoms with Crippen LogP contribution in [0.3, 0.4) is 0 Å². The van der Waals surface area contributed by atoms with E-state index < -0.39 is 5.97 Å². The Morgan fingerprint density at radius 1 is 1.17 bits per heavy atom. The molecule has 0 saturated carbocycles. The minimum absolute atomic E-state index is 0.00759. The molecular weight excluding hydrogens is 288 g/mol. The van der Waals surface area contributed by atoms with Gasteiger partial charge in [-0.15, -0.1) is 0 Å². The molecule has 0 saturated heterocycles. The maximum atomic E-state index is 10.9. The van der Waals surface area contributed by atoms with E-state index in [2.05, 4.69) is 46.7 Å². The van der Waals surface area contributed by atoms with Gasteiger partial charge in [0.2, 0.25) is 0 Å². The van der Waals surface area contributed by atoms with Gasteiger partial charge in [0, 0.05) is 22.6 Å². The Balaban J connectivity index is 1.83. The van der Waals surface area contributed by atoms with Crippen molar-refractivity contribution < 1.29 is 9.90 Å². The van der Waals surface area contributed by atoms with Crippen molar-refractivity contribution in [2.24, 2.45) is 0 Å². The highest BCUT2D eigenvalue weighted by Gasteiger charge is 2.25. The van der Waals surface area contributed by atoms with E-state index in [0.717, 1.165) is 18.4 Å². The van der Waals surface area contributed by atoms with E-state index >= 15 is 0 Å². The van der Waals surface area contributed by atoms with Gasteiger partial charge in [-0.1, -0.05) is 42.5 Å². The molecule has 0 amide bonds. The summed E-state index contributed by atoms with van der Waals surface area (Å²) in [6, 6.07) is 16.7. The highest BCUT2D eigenvalue weighted by atomic mass is 16.4. The number of aliphatic carboxylic acids is 1. The van der Waals surface area contributed by atoms with Gasteiger partial charge in [0.1, 0.15) is 0 Å². The second kappa shape index (κ2) is 5.56. The van der Waals surface area contributed by atoms with Crippen LogP contribution in [0.5, 0.6) is 0 Å². The van der Waals surface area contributed by atoms with Crippen molar-refractivity contribution in [2.45, 2.75) is 18.9 Å². The fourth-order valence-electron chi connectivity index (χ4n) is 3.60. The van der Waals surface area contributed by atoms with E-state index in [-0.39, 0.29) is 12.6 Å². The van der Waals surface area contributed by atoms with Gasteiger partial charge >= 0.3 is 5.97 Å². The number of carboxylic acid groups (broad SMARTS) is 1. The van der Waals surface area contributed by atoms with Gasteiger partial charge in [-0.2, -0.15) is 0 Å². The van der Waals surface area contributed by atoms with Crippen LogP contribution in [0.4, 0.5) is 0 Å². The Bertz CT molecular complexity index is 868. The van der Waals surface area contributed by atoms with Crippen LogP contribution >= 0.6 is 0 Å². The van der Waals surface area contributed by atoms with Crippen LogP contribution in [0, 0.1) is 0 Å². The first-order valence-corrected chi connectivity index (χ1v) is 7.88. The maximum Gasteiger partial charge on any atom is 0.317 e. The Morgan fingerprint density at radius 3 is 2.78 bits per heavy atom. The molecule has 0 fully saturated rings. The summed E-state index contributed by atoms with van der Waals surface area (Å²) in [5.41, 5.74) is 6.04. The van der Waals surface area contributed by atoms with E-state index in [1.807, 2.05) is 12.1 Å². The lowest BCUT2D eigenvalue weighted by molar-refractivity contribution is -0.136. The molecule has 4 heteroatoms. The molecule has 2 aromatic carbocycles. The van der Waals surface area contributed by atoms with Gasteiger partial charge in [-0.3, -0.25) is 4.79 Å². The van der Waals surface area contributed by atoms with Gasteiger partial charge in [-0.05, 0) is 35.6 Å². The third-order valence-electron chi connectivity index (χ3n) is 4.58. The number of hydrogen-bond acceptors (Lipinski definition) is 2. The van der Waals surface area contributed by atoms with E-state index in [0.29, 0.717) is 0 Å². The molecule has 0 aliphatic heterocycles. The molecule has 116 valence electrons. The molecule has 3 N–H and O–H groups in total. The number of benzene rings is 2. The molecule has 0 radical (unpaired) electrons. The Morgan fingerprint density at radius 2 is 2.00 bits per heavy atom. The summed E-state index contributed by atoms with van der Waals surface area (Å²) < 4.78 is 0. The number of aryl methyl sites for hydroxylation is 1. The summed E-state index contributed by atoms with van der Waals surface area (Å²) >= 11 is 0. The summed E-state index contributed by atoms with van der Waals surface area (Å²) in [5.74, 6) is -0.818. The van der Waals surface area contributed by atoms with Crippen LogP contribution in [0.2, 0.25) is 0 Å². The lowest BCUT2D eigenvalue weighted by Gasteiger charge is -2.24. The summed E-state index contributed by atoms with van der Waals surface area (Å²) in [6.07, 6.45) is 1.86. The van der Waals surface area contributed by atoms with Crippen molar-refractivity contribution >= 4 is 16.9 Å². The number of nitrogens with one attached hydrogen (secondary N) is 2. The minimum atomic E-state index is -0.818. The zero-order chi connectivity index (χ0) is 15.8. The largest absolute Gasteiger partial charge is 0.480 e. The average Bonchev–Trinajstić information content (AvgIpc) is 2.95. The Kier molecular flexibility index (Phi) is 3.39. The molecule has 1 aromatic heterocycles. The standard InChI is InChI=1S/C19H18N2O2/c22-17(23)11-20-15-10-9-14-18-13(15)7-4-8-16(18)21-19(14)12-5-2-1-3-6-12/h1-8,15,20-21H,9-11H2,(H,22,23). The molecule has 3 aromatic rings. The number of carboxylic acids is 1. The molecule has 1 aliphatic carbocycles. The van der Waals surface area contributed by atoms with Gasteiger partial charge < -0.3 is 15.4 Å². The molecule has 0 spiro atoms. The SMILES string of the molecule is O=C(O)CNC1CCc2c(-c3ccccc3)[nH]c3cccc1c23. The minimum Gasteiger partial charge on any atom is -0.480 e. The summed E-state index contributed by atoms with van der Waals surface area (Å²) in [7, 11) is 0. The van der Waals surface area contributed by atoms with Crippen LogP contribution in [0.15, 0.2) is 48.5 Å². The van der Waals surface area contributed by atoms with Crippen LogP contribution < -0.4 is 5.32 Å². The van der Waals surface area contributed by atoms with Gasteiger partial charge in [0.15, 0.2) is 0 Å². The molecule has 1 aliphatic rings. The maximum absolute atomic E-state index is 10.9. The lowest BCUT2D eigenvalue weighted by atomic mass is 9.87. The highest BCUT2D eigenvalue weighted by molar-refractivity contribution is 5.94. The average molecular weight is 306 g/mol. The topological polar surface area (TPSA) is 65.1 Å². The fourth-order valence-corrected chi connectivity index (χ4v) is 3.60. The highest BCUT2D eigenvalue weighted by Crippen LogP contribution is 2.40. The van der Waals surface area contributed by atoms with Crippen molar-refractivity contribution in [1.29, 1.82) is 0 Å². The quantitative estimate of drug-likeness (QED) is 0.691. The molecule has 4 nitrogen and oxygen atoms in total. The normalized spacial score (nSPS) is 16.6. The summed E-state index contributed by atoms with van der Waals surface area (Å²) in [6.45, 7) is -0.00759. The van der Waals surface area contributed by atoms with E-state index in [4.69, 9.17) is 5.11 Å². The predicted molar refractivity (Wildman–Crippen MR) is 90.4 cm³/mol. The van der Waals surface area contributed by atoms with Crippen molar-refractivity contribution in [3.63, 3.8) is 0 Å². The number of aromatic nitrogens is 1. The van der Waals surface area contributed by atoms with E-state index in [1.165, 1.54) is 27.8 Å². The van der Waals surface area contributed by atoms with Crippen LogP contribution in [-0.4, -0.2) is 22.6 Å². The number of aromatic amines is 1. The summed E-state index contributed by atoms with van der Waals surface area (Å²) in [4.78, 5) is 14.4. The zero-order valence-electron chi connectivity index (χ0n) is 12.7. The second-order valence-electron chi connectivity index (χ2n) is 5.98. The van der Waals surface area contributed by atoms with Crippen LogP contribution in [-0.2, 0) is 11.2 Å². The van der Waals surface area contributed by atoms with Crippen molar-refractivity contribution in [1.82, 2.24) is 10.3 Å². The van der Waals surface area contributed by atoms with Gasteiger partial charge in [0.25, 0.3) is 0 Å². The molecule has 1 atom stereocenters. The van der Waals surface area contributed by atoms with Crippen molar-refractivity contribution in [2.75, 3.05) is 6.54 Å². The monoisotopic (exact) mass is 306 g/mol. The van der Waals surface area contributed by atoms with E-state index in [1.54, 1.807) is 0 Å². The number of hydrogen-bond donors (Lipinski definition) is 3. The van der Waals surface area contributed by atoms with E-state index in [9.17, 15) is 4.79 Å². The molecular formula is C19H18N2O2. The van der Waals surface area contributed by atoms with Gasteiger partial charge in [0.05, 0.1) is 6.54 Å². The number of rotatable bonds is 4. The molecule has 4 rings (SSSR count). The number of carbonyl (C=O) groups is 1. The Labute approximate surface area is 134 Å². The van der Waals surface area contributed by atoms with Crippen LogP contribution in [0.25, 0.3) is 22.2 Å². The summed E-state index contributed by atoms with van der Waals surface area (Å²) in [5, 5.41) is 13.3. The van der Waals surface area contributed by atoms with Crippen LogP contribution in [0.1, 0.15) is 23.6 Å². The first-order chi connectivity index (χ1) is 11.2. The molecule has 0 bridgehead atoms. The molecule has 1 unspecified atom stereocenters. The van der Waals surface area contributed by atoms with Gasteiger partial charge in [-0.25, -0.2) is 0 Å².